The molecule has 154 valence electrons. The minimum absolute atomic E-state index is 0.0145. The van der Waals surface area contributed by atoms with Gasteiger partial charge in [-0.15, -0.1) is 0 Å². The van der Waals surface area contributed by atoms with Gasteiger partial charge in [0.25, 0.3) is 0 Å². The number of benzene rings is 1. The van der Waals surface area contributed by atoms with E-state index in [4.69, 9.17) is 11.6 Å². The molecular formula is C19H18ClF4N5. The molecule has 3 aromatic rings. The monoisotopic (exact) mass is 427 g/mol. The molecule has 10 heteroatoms. The van der Waals surface area contributed by atoms with Crippen molar-refractivity contribution in [2.75, 3.05) is 5.32 Å². The van der Waals surface area contributed by atoms with Crippen LogP contribution in [0.25, 0.3) is 17.0 Å². The third kappa shape index (κ3) is 4.29. The van der Waals surface area contributed by atoms with Crippen LogP contribution in [0.3, 0.4) is 0 Å². The van der Waals surface area contributed by atoms with Crippen LogP contribution in [0.5, 0.6) is 0 Å². The normalized spacial score (nSPS) is 12.5. The Labute approximate surface area is 169 Å². The van der Waals surface area contributed by atoms with E-state index in [1.165, 1.54) is 25.4 Å². The van der Waals surface area contributed by atoms with Gasteiger partial charge in [-0.2, -0.15) is 23.4 Å². The Hall–Kier alpha value is -2.81. The average molecular weight is 428 g/mol. The Bertz CT molecular complexity index is 1050. The number of alkyl halides is 3. The summed E-state index contributed by atoms with van der Waals surface area (Å²) in [5.41, 5.74) is 0.669. The van der Waals surface area contributed by atoms with Crippen molar-refractivity contribution in [2.45, 2.75) is 19.5 Å². The van der Waals surface area contributed by atoms with Crippen LogP contribution in [-0.4, -0.2) is 19.6 Å². The minimum Gasteiger partial charge on any atom is -0.354 e. The number of anilines is 1. The fourth-order valence-electron chi connectivity index (χ4n) is 2.94. The van der Waals surface area contributed by atoms with Crippen LogP contribution in [0.1, 0.15) is 24.7 Å². The molecule has 1 aromatic carbocycles. The number of halogens is 5. The van der Waals surface area contributed by atoms with Gasteiger partial charge in [0.2, 0.25) is 0 Å². The van der Waals surface area contributed by atoms with E-state index in [1.54, 1.807) is 17.8 Å². The van der Waals surface area contributed by atoms with Gasteiger partial charge in [0.1, 0.15) is 11.5 Å². The number of rotatable bonds is 5. The summed E-state index contributed by atoms with van der Waals surface area (Å²) in [6, 6.07) is 5.02. The highest BCUT2D eigenvalue weighted by atomic mass is 35.5. The van der Waals surface area contributed by atoms with Gasteiger partial charge in [0, 0.05) is 25.3 Å². The average Bonchev–Trinajstić information content (AvgIpc) is 3.17. The topological polar surface area (TPSA) is 47.7 Å². The van der Waals surface area contributed by atoms with E-state index < -0.39 is 17.7 Å². The van der Waals surface area contributed by atoms with E-state index in [0.29, 0.717) is 28.5 Å². The summed E-state index contributed by atoms with van der Waals surface area (Å²) in [7, 11) is 3.07. The fourth-order valence-corrected chi connectivity index (χ4v) is 3.21. The Morgan fingerprint density at radius 3 is 2.45 bits per heavy atom. The summed E-state index contributed by atoms with van der Waals surface area (Å²) in [6.45, 7) is 1.94. The lowest BCUT2D eigenvalue weighted by Crippen LogP contribution is -2.06. The lowest BCUT2D eigenvalue weighted by Gasteiger charge is -2.13. The van der Waals surface area contributed by atoms with E-state index in [2.05, 4.69) is 15.5 Å². The van der Waals surface area contributed by atoms with Gasteiger partial charge in [-0.05, 0) is 30.7 Å². The first-order chi connectivity index (χ1) is 13.6. The van der Waals surface area contributed by atoms with E-state index in [-0.39, 0.29) is 11.3 Å². The van der Waals surface area contributed by atoms with Crippen molar-refractivity contribution in [2.24, 2.45) is 14.1 Å². The van der Waals surface area contributed by atoms with Crippen molar-refractivity contribution >= 4 is 23.0 Å². The van der Waals surface area contributed by atoms with Crippen LogP contribution in [0.15, 0.2) is 36.5 Å². The van der Waals surface area contributed by atoms with E-state index in [9.17, 15) is 17.6 Å². The Balaban J connectivity index is 1.94. The van der Waals surface area contributed by atoms with Crippen LogP contribution >= 0.6 is 11.6 Å². The molecular weight excluding hydrogens is 410 g/mol. The van der Waals surface area contributed by atoms with Gasteiger partial charge in [0.15, 0.2) is 5.69 Å². The molecule has 0 saturated carbocycles. The number of nitrogens with one attached hydrogen (secondary N) is 1. The molecule has 0 aliphatic heterocycles. The Morgan fingerprint density at radius 2 is 1.93 bits per heavy atom. The van der Waals surface area contributed by atoms with Crippen molar-refractivity contribution in [1.82, 2.24) is 19.6 Å². The molecule has 0 fully saturated rings. The molecule has 0 saturated heterocycles. The van der Waals surface area contributed by atoms with Crippen molar-refractivity contribution in [3.8, 4) is 11.3 Å². The van der Waals surface area contributed by atoms with Gasteiger partial charge in [-0.25, -0.2) is 4.39 Å². The van der Waals surface area contributed by atoms with Crippen molar-refractivity contribution in [3.63, 3.8) is 0 Å². The maximum Gasteiger partial charge on any atom is 0.435 e. The van der Waals surface area contributed by atoms with Gasteiger partial charge in [0.05, 0.1) is 22.6 Å². The summed E-state index contributed by atoms with van der Waals surface area (Å²) in [5, 5.41) is 11.1. The molecule has 0 unspecified atom stereocenters. The predicted molar refractivity (Wildman–Crippen MR) is 104 cm³/mol. The van der Waals surface area contributed by atoms with Crippen molar-refractivity contribution in [1.29, 1.82) is 0 Å². The summed E-state index contributed by atoms with van der Waals surface area (Å²) < 4.78 is 56.0. The van der Waals surface area contributed by atoms with Crippen LogP contribution in [0.2, 0.25) is 5.02 Å². The van der Waals surface area contributed by atoms with Crippen LogP contribution < -0.4 is 5.32 Å². The van der Waals surface area contributed by atoms with E-state index in [1.807, 2.05) is 13.0 Å². The molecule has 0 spiro atoms. The fraction of sp³-hybridized carbons (Fsp3) is 0.263. The number of hydrogen-bond donors (Lipinski definition) is 1. The number of aromatic nitrogens is 4. The van der Waals surface area contributed by atoms with E-state index >= 15 is 0 Å². The highest BCUT2D eigenvalue weighted by Crippen LogP contribution is 2.33. The van der Waals surface area contributed by atoms with Gasteiger partial charge >= 0.3 is 6.18 Å². The smallest absolute Gasteiger partial charge is 0.354 e. The predicted octanol–water partition coefficient (Wildman–Crippen LogP) is 5.49. The third-order valence-electron chi connectivity index (χ3n) is 4.25. The zero-order valence-corrected chi connectivity index (χ0v) is 16.6. The summed E-state index contributed by atoms with van der Waals surface area (Å²) >= 11 is 6.20. The molecule has 0 atom stereocenters. The maximum absolute atomic E-state index is 14.7. The first-order valence-corrected chi connectivity index (χ1v) is 9.05. The Morgan fingerprint density at radius 1 is 1.21 bits per heavy atom. The molecule has 0 aliphatic rings. The maximum atomic E-state index is 14.7. The molecule has 3 rings (SSSR count). The number of nitrogens with zero attached hydrogens (tertiary/aromatic N) is 4. The zero-order chi connectivity index (χ0) is 21.3. The van der Waals surface area contributed by atoms with Gasteiger partial charge in [-0.3, -0.25) is 9.36 Å². The van der Waals surface area contributed by atoms with E-state index in [0.717, 1.165) is 10.7 Å². The third-order valence-corrected chi connectivity index (χ3v) is 4.53. The number of hydrogen-bond acceptors (Lipinski definition) is 3. The van der Waals surface area contributed by atoms with Gasteiger partial charge in [-0.1, -0.05) is 24.6 Å². The quantitative estimate of drug-likeness (QED) is 0.547. The highest BCUT2D eigenvalue weighted by molar-refractivity contribution is 6.32. The van der Waals surface area contributed by atoms with Crippen LogP contribution in [-0.2, 0) is 20.3 Å². The second-order valence-electron chi connectivity index (χ2n) is 6.35. The van der Waals surface area contributed by atoms with Crippen LogP contribution in [0.4, 0.5) is 23.2 Å². The minimum atomic E-state index is -4.60. The molecule has 0 aliphatic carbocycles. The SMILES string of the molecule is CC/C=C(\Nc1ccc(-c2cc(C(F)(F)F)nn2C)c(F)c1)c1c(Cl)cnn1C. The molecule has 0 radical (unpaired) electrons. The molecule has 2 aromatic heterocycles. The Kier molecular flexibility index (Phi) is 5.70. The molecule has 2 heterocycles. The molecule has 1 N–H and O–H groups in total. The zero-order valence-electron chi connectivity index (χ0n) is 15.8. The lowest BCUT2D eigenvalue weighted by atomic mass is 10.1. The lowest BCUT2D eigenvalue weighted by molar-refractivity contribution is -0.141. The first kappa shape index (κ1) is 20.9. The largest absolute Gasteiger partial charge is 0.435 e. The molecule has 0 bridgehead atoms. The molecule has 0 amide bonds. The second-order valence-corrected chi connectivity index (χ2v) is 6.75. The summed E-state index contributed by atoms with van der Waals surface area (Å²) in [4.78, 5) is 0. The highest BCUT2D eigenvalue weighted by Gasteiger charge is 2.35. The first-order valence-electron chi connectivity index (χ1n) is 8.68. The number of aryl methyl sites for hydroxylation is 2. The molecule has 29 heavy (non-hydrogen) atoms. The number of allylic oxidation sites excluding steroid dienone is 1. The van der Waals surface area contributed by atoms with Crippen molar-refractivity contribution < 1.29 is 17.6 Å². The molecule has 5 nitrogen and oxygen atoms in total. The summed E-state index contributed by atoms with van der Waals surface area (Å²) in [6.07, 6.45) is -0.520. The van der Waals surface area contributed by atoms with Crippen LogP contribution in [0, 0.1) is 5.82 Å². The van der Waals surface area contributed by atoms with Gasteiger partial charge < -0.3 is 5.32 Å². The standard InChI is InChI=1S/C19H18ClF4N5/c1-4-5-15(18-13(20)10-25-29(18)3)26-11-6-7-12(14(21)8-11)16-9-17(19(22,23)24)27-28(16)2/h5-10,26H,4H2,1-3H3/b15-5-. The summed E-state index contributed by atoms with van der Waals surface area (Å²) in [5.74, 6) is -0.682. The second kappa shape index (κ2) is 7.90. The van der Waals surface area contributed by atoms with Crippen molar-refractivity contribution in [3.05, 3.63) is 58.8 Å².